The van der Waals surface area contributed by atoms with E-state index in [1.54, 1.807) is 0 Å². The first kappa shape index (κ1) is 15.3. The van der Waals surface area contributed by atoms with Crippen molar-refractivity contribution in [3.63, 3.8) is 0 Å². The van der Waals surface area contributed by atoms with E-state index < -0.39 is 0 Å². The fourth-order valence-electron chi connectivity index (χ4n) is 3.18. The molecule has 0 radical (unpaired) electrons. The molecule has 2 fully saturated rings. The van der Waals surface area contributed by atoms with Crippen molar-refractivity contribution in [1.82, 2.24) is 5.32 Å². The molecule has 1 aromatic rings. The van der Waals surface area contributed by atoms with Crippen LogP contribution in [-0.2, 0) is 11.3 Å². The van der Waals surface area contributed by atoms with Crippen molar-refractivity contribution in [3.05, 3.63) is 28.2 Å². The summed E-state index contributed by atoms with van der Waals surface area (Å²) in [7, 11) is 1.81. The zero-order chi connectivity index (χ0) is 14.7. The molecule has 1 saturated heterocycles. The number of methoxy groups -OCH3 is 1. The highest BCUT2D eigenvalue weighted by molar-refractivity contribution is 9.10. The molecular weight excluding hydrogens is 328 g/mol. The van der Waals surface area contributed by atoms with E-state index in [-0.39, 0.29) is 0 Å². The highest BCUT2D eigenvalue weighted by Gasteiger charge is 2.24. The number of piperidine rings is 1. The molecule has 0 bridgehead atoms. The van der Waals surface area contributed by atoms with Crippen molar-refractivity contribution in [2.24, 2.45) is 5.92 Å². The van der Waals surface area contributed by atoms with Gasteiger partial charge in [-0.2, -0.15) is 0 Å². The van der Waals surface area contributed by atoms with Crippen molar-refractivity contribution in [3.8, 4) is 0 Å². The topological polar surface area (TPSA) is 24.5 Å². The van der Waals surface area contributed by atoms with Gasteiger partial charge in [-0.25, -0.2) is 0 Å². The minimum atomic E-state index is 0.659. The van der Waals surface area contributed by atoms with Crippen LogP contribution in [0.15, 0.2) is 22.7 Å². The summed E-state index contributed by atoms with van der Waals surface area (Å²) in [6.45, 7) is 4.13. The molecule has 3 nitrogen and oxygen atoms in total. The third-order valence-corrected chi connectivity index (χ3v) is 4.96. The number of halogens is 1. The lowest BCUT2D eigenvalue weighted by molar-refractivity contribution is 0.143. The lowest BCUT2D eigenvalue weighted by Crippen LogP contribution is -2.38. The number of anilines is 1. The molecule has 0 spiro atoms. The van der Waals surface area contributed by atoms with Gasteiger partial charge in [0.15, 0.2) is 0 Å². The van der Waals surface area contributed by atoms with Crippen LogP contribution in [0.1, 0.15) is 31.2 Å². The second-order valence-corrected chi connectivity index (χ2v) is 7.25. The molecule has 116 valence electrons. The van der Waals surface area contributed by atoms with Gasteiger partial charge >= 0.3 is 0 Å². The molecule has 1 N–H and O–H groups in total. The number of hydrogen-bond acceptors (Lipinski definition) is 3. The first-order valence-electron chi connectivity index (χ1n) is 8.02. The fraction of sp³-hybridized carbons (Fsp3) is 0.647. The molecule has 1 aliphatic heterocycles. The van der Waals surface area contributed by atoms with Gasteiger partial charge in [-0.05, 0) is 49.3 Å². The number of nitrogens with one attached hydrogen (secondary N) is 1. The van der Waals surface area contributed by atoms with Crippen LogP contribution in [0.3, 0.4) is 0 Å². The van der Waals surface area contributed by atoms with Gasteiger partial charge in [0.2, 0.25) is 0 Å². The highest BCUT2D eigenvalue weighted by atomic mass is 79.9. The van der Waals surface area contributed by atoms with Gasteiger partial charge in [-0.3, -0.25) is 0 Å². The summed E-state index contributed by atoms with van der Waals surface area (Å²) in [4.78, 5) is 2.54. The van der Waals surface area contributed by atoms with Crippen LogP contribution >= 0.6 is 15.9 Å². The molecule has 1 saturated carbocycles. The van der Waals surface area contributed by atoms with E-state index in [9.17, 15) is 0 Å². The summed E-state index contributed by atoms with van der Waals surface area (Å²) in [6.07, 6.45) is 5.22. The quantitative estimate of drug-likeness (QED) is 0.846. The van der Waals surface area contributed by atoms with Crippen LogP contribution in [0.5, 0.6) is 0 Å². The van der Waals surface area contributed by atoms with Gasteiger partial charge in [-0.1, -0.05) is 22.0 Å². The monoisotopic (exact) mass is 352 g/mol. The number of ether oxygens (including phenoxy) is 1. The Bertz CT molecular complexity index is 474. The van der Waals surface area contributed by atoms with Gasteiger partial charge in [0.05, 0.1) is 6.61 Å². The summed E-state index contributed by atoms with van der Waals surface area (Å²) in [6, 6.07) is 7.45. The predicted molar refractivity (Wildman–Crippen MR) is 90.8 cm³/mol. The summed E-state index contributed by atoms with van der Waals surface area (Å²) in [5.74, 6) is 0.659. The average Bonchev–Trinajstić information content (AvgIpc) is 3.31. The summed E-state index contributed by atoms with van der Waals surface area (Å²) in [5, 5.41) is 3.64. The Hall–Kier alpha value is -0.580. The van der Waals surface area contributed by atoms with Gasteiger partial charge < -0.3 is 15.0 Å². The molecule has 2 aliphatic rings. The SMILES string of the molecule is COCC1CCCN(c2cc(Br)ccc2CNC2CC2)C1. The molecule has 21 heavy (non-hydrogen) atoms. The lowest BCUT2D eigenvalue weighted by atomic mass is 9.97. The molecule has 0 amide bonds. The van der Waals surface area contributed by atoms with Crippen LogP contribution in [0.4, 0.5) is 5.69 Å². The fourth-order valence-corrected chi connectivity index (χ4v) is 3.53. The van der Waals surface area contributed by atoms with E-state index in [4.69, 9.17) is 4.74 Å². The van der Waals surface area contributed by atoms with E-state index >= 15 is 0 Å². The second kappa shape index (κ2) is 7.12. The van der Waals surface area contributed by atoms with Crippen molar-refractivity contribution in [2.45, 2.75) is 38.3 Å². The Balaban J connectivity index is 1.73. The van der Waals surface area contributed by atoms with Crippen molar-refractivity contribution in [1.29, 1.82) is 0 Å². The Morgan fingerprint density at radius 2 is 2.19 bits per heavy atom. The number of rotatable bonds is 6. The van der Waals surface area contributed by atoms with Gasteiger partial charge in [0.25, 0.3) is 0 Å². The van der Waals surface area contributed by atoms with E-state index in [2.05, 4.69) is 44.3 Å². The zero-order valence-corrected chi connectivity index (χ0v) is 14.4. The van der Waals surface area contributed by atoms with E-state index in [0.717, 1.165) is 32.3 Å². The van der Waals surface area contributed by atoms with E-state index in [0.29, 0.717) is 5.92 Å². The first-order valence-corrected chi connectivity index (χ1v) is 8.81. The first-order chi connectivity index (χ1) is 10.3. The van der Waals surface area contributed by atoms with E-state index in [1.807, 2.05) is 7.11 Å². The number of benzene rings is 1. The minimum absolute atomic E-state index is 0.659. The summed E-state index contributed by atoms with van der Waals surface area (Å²) < 4.78 is 6.53. The molecule has 1 atom stereocenters. The molecule has 1 aliphatic carbocycles. The van der Waals surface area contributed by atoms with Gasteiger partial charge in [0.1, 0.15) is 0 Å². The zero-order valence-electron chi connectivity index (χ0n) is 12.8. The molecule has 4 heteroatoms. The Morgan fingerprint density at radius 3 is 2.95 bits per heavy atom. The maximum absolute atomic E-state index is 5.36. The predicted octanol–water partition coefficient (Wildman–Crippen LogP) is 3.56. The van der Waals surface area contributed by atoms with Crippen molar-refractivity contribution < 1.29 is 4.74 Å². The molecule has 3 rings (SSSR count). The maximum atomic E-state index is 5.36. The van der Waals surface area contributed by atoms with Crippen molar-refractivity contribution >= 4 is 21.6 Å². The highest BCUT2D eigenvalue weighted by Crippen LogP contribution is 2.30. The Morgan fingerprint density at radius 1 is 1.33 bits per heavy atom. The third-order valence-electron chi connectivity index (χ3n) is 4.47. The Kier molecular flexibility index (Phi) is 5.19. The van der Waals surface area contributed by atoms with Crippen LogP contribution in [-0.4, -0.2) is 32.8 Å². The molecular formula is C17H25BrN2O. The van der Waals surface area contributed by atoms with Crippen LogP contribution in [0, 0.1) is 5.92 Å². The maximum Gasteiger partial charge on any atom is 0.0507 e. The minimum Gasteiger partial charge on any atom is -0.384 e. The summed E-state index contributed by atoms with van der Waals surface area (Å²) >= 11 is 3.63. The number of hydrogen-bond donors (Lipinski definition) is 1. The second-order valence-electron chi connectivity index (χ2n) is 6.34. The lowest BCUT2D eigenvalue weighted by Gasteiger charge is -2.35. The number of nitrogens with zero attached hydrogens (tertiary/aromatic N) is 1. The van der Waals surface area contributed by atoms with Crippen LogP contribution in [0.2, 0.25) is 0 Å². The Labute approximate surface area is 136 Å². The molecule has 0 aromatic heterocycles. The smallest absolute Gasteiger partial charge is 0.0507 e. The normalized spacial score (nSPS) is 22.6. The average molecular weight is 353 g/mol. The third kappa shape index (κ3) is 4.21. The standard InChI is InChI=1S/C17H25BrN2O/c1-21-12-13-3-2-8-20(11-13)17-9-15(18)5-4-14(17)10-19-16-6-7-16/h4-5,9,13,16,19H,2-3,6-8,10-12H2,1H3. The van der Waals surface area contributed by atoms with Crippen LogP contribution < -0.4 is 10.2 Å². The molecule has 1 unspecified atom stereocenters. The molecule has 1 heterocycles. The molecule has 1 aromatic carbocycles. The summed E-state index contributed by atoms with van der Waals surface area (Å²) in [5.41, 5.74) is 2.81. The largest absolute Gasteiger partial charge is 0.384 e. The van der Waals surface area contributed by atoms with Gasteiger partial charge in [0, 0.05) is 42.9 Å². The van der Waals surface area contributed by atoms with Gasteiger partial charge in [-0.15, -0.1) is 0 Å². The van der Waals surface area contributed by atoms with Crippen molar-refractivity contribution in [2.75, 3.05) is 31.7 Å². The van der Waals surface area contributed by atoms with Crippen LogP contribution in [0.25, 0.3) is 0 Å². The van der Waals surface area contributed by atoms with E-state index in [1.165, 1.54) is 41.4 Å².